The van der Waals surface area contributed by atoms with Crippen molar-refractivity contribution >= 4 is 39.7 Å². The average molecular weight is 578 g/mol. The van der Waals surface area contributed by atoms with Crippen LogP contribution in [0.3, 0.4) is 0 Å². The predicted octanol–water partition coefficient (Wildman–Crippen LogP) is 1.53. The molecule has 15 heteroatoms. The second-order valence-electron chi connectivity index (χ2n) is 7.10. The highest BCUT2D eigenvalue weighted by atomic mass is 79.9. The number of alkyl halides is 3. The van der Waals surface area contributed by atoms with E-state index >= 15 is 0 Å². The van der Waals surface area contributed by atoms with Gasteiger partial charge in [-0.2, -0.15) is 13.2 Å². The van der Waals surface area contributed by atoms with Gasteiger partial charge in [-0.25, -0.2) is 9.59 Å². The van der Waals surface area contributed by atoms with Crippen LogP contribution in [0.15, 0.2) is 56.9 Å². The Kier molecular flexibility index (Phi) is 11.6. The van der Waals surface area contributed by atoms with Crippen LogP contribution in [-0.4, -0.2) is 57.3 Å². The number of nitrogens with two attached hydrogens (primary N) is 2. The van der Waals surface area contributed by atoms with Crippen LogP contribution in [0.4, 0.5) is 13.2 Å². The van der Waals surface area contributed by atoms with Crippen LogP contribution in [0.25, 0.3) is 0 Å². The zero-order valence-electron chi connectivity index (χ0n) is 18.5. The Bertz CT molecular complexity index is 1170. The molecule has 36 heavy (non-hydrogen) atoms. The van der Waals surface area contributed by atoms with Crippen molar-refractivity contribution in [3.05, 3.63) is 68.5 Å². The van der Waals surface area contributed by atoms with Crippen LogP contribution in [0.2, 0.25) is 0 Å². The number of rotatable bonds is 9. The SMILES string of the molecule is NC(N)=NCCC[C@H](NC(=O)c1cccn(Cc2cccc(Br)c2)c1=O)C(=O)O.O=C(O)C(F)(F)F. The minimum atomic E-state index is -5.08. The van der Waals surface area contributed by atoms with E-state index in [2.05, 4.69) is 26.2 Å². The van der Waals surface area contributed by atoms with Crippen molar-refractivity contribution in [1.82, 2.24) is 9.88 Å². The number of benzene rings is 1. The van der Waals surface area contributed by atoms with E-state index in [0.717, 1.165) is 10.0 Å². The molecule has 0 spiro atoms. The maximum Gasteiger partial charge on any atom is 0.490 e. The molecule has 0 saturated carbocycles. The summed E-state index contributed by atoms with van der Waals surface area (Å²) in [5, 5.41) is 18.9. The van der Waals surface area contributed by atoms with Gasteiger partial charge in [-0.3, -0.25) is 14.6 Å². The van der Waals surface area contributed by atoms with E-state index in [1.165, 1.54) is 10.6 Å². The normalized spacial score (nSPS) is 11.4. The number of amides is 1. The quantitative estimate of drug-likeness (QED) is 0.168. The van der Waals surface area contributed by atoms with Crippen LogP contribution < -0.4 is 22.3 Å². The van der Waals surface area contributed by atoms with Gasteiger partial charge in [0, 0.05) is 17.2 Å². The summed E-state index contributed by atoms with van der Waals surface area (Å²) in [6, 6.07) is 9.23. The van der Waals surface area contributed by atoms with Gasteiger partial charge in [-0.1, -0.05) is 28.1 Å². The van der Waals surface area contributed by atoms with Crippen molar-refractivity contribution in [2.75, 3.05) is 6.54 Å². The first-order chi connectivity index (χ1) is 16.7. The van der Waals surface area contributed by atoms with Gasteiger partial charge in [-0.15, -0.1) is 0 Å². The monoisotopic (exact) mass is 577 g/mol. The van der Waals surface area contributed by atoms with Crippen LogP contribution in [0.5, 0.6) is 0 Å². The number of hydrogen-bond acceptors (Lipinski definition) is 5. The molecule has 1 atom stereocenters. The lowest BCUT2D eigenvalue weighted by Gasteiger charge is -2.14. The Balaban J connectivity index is 0.000000809. The van der Waals surface area contributed by atoms with Crippen LogP contribution in [0.1, 0.15) is 28.8 Å². The number of pyridine rings is 1. The van der Waals surface area contributed by atoms with Gasteiger partial charge in [0.15, 0.2) is 5.96 Å². The fraction of sp³-hybridized carbons (Fsp3) is 0.286. The molecule has 196 valence electrons. The number of carboxylic acids is 2. The zero-order valence-corrected chi connectivity index (χ0v) is 20.1. The van der Waals surface area contributed by atoms with Gasteiger partial charge in [0.1, 0.15) is 11.6 Å². The Morgan fingerprint density at radius 3 is 2.31 bits per heavy atom. The summed E-state index contributed by atoms with van der Waals surface area (Å²) < 4.78 is 34.0. The number of aromatic nitrogens is 1. The Hall–Kier alpha value is -3.88. The van der Waals surface area contributed by atoms with Gasteiger partial charge < -0.3 is 31.6 Å². The molecule has 0 unspecified atom stereocenters. The minimum absolute atomic E-state index is 0.0869. The van der Waals surface area contributed by atoms with Gasteiger partial charge >= 0.3 is 18.1 Å². The lowest BCUT2D eigenvalue weighted by molar-refractivity contribution is -0.192. The van der Waals surface area contributed by atoms with Crippen molar-refractivity contribution in [3.63, 3.8) is 0 Å². The number of guanidine groups is 1. The summed E-state index contributed by atoms with van der Waals surface area (Å²) in [5.74, 6) is -4.79. The highest BCUT2D eigenvalue weighted by Gasteiger charge is 2.38. The van der Waals surface area contributed by atoms with E-state index in [1.54, 1.807) is 12.3 Å². The lowest BCUT2D eigenvalue weighted by atomic mass is 10.1. The highest BCUT2D eigenvalue weighted by Crippen LogP contribution is 2.13. The molecule has 1 aromatic heterocycles. The topological polar surface area (TPSA) is 190 Å². The van der Waals surface area contributed by atoms with E-state index in [9.17, 15) is 32.7 Å². The third-order valence-corrected chi connectivity index (χ3v) is 4.79. The molecule has 0 radical (unpaired) electrons. The number of nitrogens with one attached hydrogen (secondary N) is 1. The fourth-order valence-corrected chi connectivity index (χ4v) is 3.11. The van der Waals surface area contributed by atoms with Crippen LogP contribution in [0, 0.1) is 0 Å². The molecule has 1 heterocycles. The first-order valence-corrected chi connectivity index (χ1v) is 10.8. The Morgan fingerprint density at radius 1 is 1.14 bits per heavy atom. The smallest absolute Gasteiger partial charge is 0.480 e. The summed E-state index contributed by atoms with van der Waals surface area (Å²) >= 11 is 3.38. The van der Waals surface area contributed by atoms with Crippen molar-refractivity contribution in [2.24, 2.45) is 16.5 Å². The second-order valence-corrected chi connectivity index (χ2v) is 8.02. The summed E-state index contributed by atoms with van der Waals surface area (Å²) in [5.41, 5.74) is 10.7. The van der Waals surface area contributed by atoms with E-state index in [0.29, 0.717) is 6.42 Å². The minimum Gasteiger partial charge on any atom is -0.480 e. The molecular formula is C21H23BrF3N5O6. The van der Waals surface area contributed by atoms with Gasteiger partial charge in [0.05, 0.1) is 6.54 Å². The van der Waals surface area contributed by atoms with Gasteiger partial charge in [0.2, 0.25) is 0 Å². The maximum atomic E-state index is 12.7. The summed E-state index contributed by atoms with van der Waals surface area (Å²) in [4.78, 5) is 49.3. The first kappa shape index (κ1) is 30.2. The molecule has 2 rings (SSSR count). The third-order valence-electron chi connectivity index (χ3n) is 4.30. The van der Waals surface area contributed by atoms with Gasteiger partial charge in [0.25, 0.3) is 11.5 Å². The molecule has 1 amide bonds. The molecule has 0 saturated heterocycles. The highest BCUT2D eigenvalue weighted by molar-refractivity contribution is 9.10. The van der Waals surface area contributed by atoms with Crippen molar-refractivity contribution in [2.45, 2.75) is 31.6 Å². The zero-order chi connectivity index (χ0) is 27.5. The second kappa shape index (κ2) is 13.9. The number of hydrogen-bond donors (Lipinski definition) is 5. The number of nitrogens with zero attached hydrogens (tertiary/aromatic N) is 2. The van der Waals surface area contributed by atoms with E-state index < -0.39 is 35.6 Å². The molecule has 7 N–H and O–H groups in total. The van der Waals surface area contributed by atoms with Crippen molar-refractivity contribution in [3.8, 4) is 0 Å². The van der Waals surface area contributed by atoms with Crippen LogP contribution >= 0.6 is 15.9 Å². The summed E-state index contributed by atoms with van der Waals surface area (Å²) in [6.45, 7) is 0.521. The molecule has 0 aliphatic rings. The predicted molar refractivity (Wildman–Crippen MR) is 126 cm³/mol. The Morgan fingerprint density at radius 2 is 1.78 bits per heavy atom. The molecule has 0 bridgehead atoms. The third kappa shape index (κ3) is 10.6. The fourth-order valence-electron chi connectivity index (χ4n) is 2.66. The average Bonchev–Trinajstić information content (AvgIpc) is 2.76. The molecule has 2 aromatic rings. The number of carbonyl (C=O) groups is 3. The molecular weight excluding hydrogens is 555 g/mol. The van der Waals surface area contributed by atoms with E-state index in [4.69, 9.17) is 21.4 Å². The number of aliphatic carboxylic acids is 2. The van der Waals surface area contributed by atoms with Crippen molar-refractivity contribution in [1.29, 1.82) is 0 Å². The summed E-state index contributed by atoms with van der Waals surface area (Å²) in [7, 11) is 0. The largest absolute Gasteiger partial charge is 0.490 e. The maximum absolute atomic E-state index is 12.7. The molecule has 1 aromatic carbocycles. The molecule has 0 fully saturated rings. The van der Waals surface area contributed by atoms with Gasteiger partial charge in [-0.05, 0) is 42.7 Å². The van der Waals surface area contributed by atoms with E-state index in [-0.39, 0.29) is 31.0 Å². The number of carboxylic acid groups (broad SMARTS) is 2. The number of carbonyl (C=O) groups excluding carboxylic acids is 1. The molecule has 11 nitrogen and oxygen atoms in total. The lowest BCUT2D eigenvalue weighted by Crippen LogP contribution is -2.43. The standard InChI is InChI=1S/C19H22BrN5O4.C2HF3O2/c20-13-5-1-4-12(10-13)11-25-9-3-6-14(17(25)27)16(26)24-15(18(28)29)7-2-8-23-19(21)22;3-2(4,5)1(6)7/h1,3-6,9-10,15H,2,7-8,11H2,(H,24,26)(H,28,29)(H4,21,22,23);(H,6,7)/t15-;/m0./s1. The molecule has 0 aliphatic heterocycles. The van der Waals surface area contributed by atoms with Crippen LogP contribution in [-0.2, 0) is 16.1 Å². The van der Waals surface area contributed by atoms with Crippen molar-refractivity contribution < 1.29 is 37.8 Å². The Labute approximate surface area is 210 Å². The number of halogens is 4. The van der Waals surface area contributed by atoms with E-state index in [1.807, 2.05) is 24.3 Å². The first-order valence-electron chi connectivity index (χ1n) is 10.1. The number of aliphatic imine (C=N–C) groups is 1. The summed E-state index contributed by atoms with van der Waals surface area (Å²) in [6.07, 6.45) is -3.03. The molecule has 0 aliphatic carbocycles.